The fraction of sp³-hybridized carbons (Fsp3) is 0.316. The summed E-state index contributed by atoms with van der Waals surface area (Å²) in [5.41, 5.74) is 0.544. The lowest BCUT2D eigenvalue weighted by atomic mass is 10.2. The molecule has 1 N–H and O–H groups in total. The number of carbonyl (C=O) groups is 1. The molecule has 0 saturated carbocycles. The first kappa shape index (κ1) is 19.0. The molecule has 1 fully saturated rings. The lowest BCUT2D eigenvalue weighted by Gasteiger charge is -2.12. The zero-order chi connectivity index (χ0) is 19.3. The van der Waals surface area contributed by atoms with Crippen molar-refractivity contribution in [3.63, 3.8) is 0 Å². The standard InChI is InChI=1S/C19H18F3NO4/c20-19(21,22)27-16-4-1-3-13(11-16)18(24)23-14-6-8-15(9-7-14)26-12-17-5-2-10-25-17/h1,3-4,6-9,11,17H,2,5,10,12H2,(H,23,24). The van der Waals surface area contributed by atoms with E-state index in [2.05, 4.69) is 10.1 Å². The third kappa shape index (κ3) is 5.89. The van der Waals surface area contributed by atoms with Gasteiger partial charge < -0.3 is 19.5 Å². The van der Waals surface area contributed by atoms with Crippen LogP contribution >= 0.6 is 0 Å². The Hall–Kier alpha value is -2.74. The molecule has 27 heavy (non-hydrogen) atoms. The maximum absolute atomic E-state index is 12.3. The number of hydrogen-bond acceptors (Lipinski definition) is 4. The van der Waals surface area contributed by atoms with Crippen LogP contribution in [0.3, 0.4) is 0 Å². The number of ether oxygens (including phenoxy) is 3. The van der Waals surface area contributed by atoms with Crippen molar-refractivity contribution in [3.05, 3.63) is 54.1 Å². The molecule has 2 aromatic rings. The molecule has 5 nitrogen and oxygen atoms in total. The minimum atomic E-state index is -4.81. The summed E-state index contributed by atoms with van der Waals surface area (Å²) in [6, 6.07) is 11.6. The second-order valence-corrected chi connectivity index (χ2v) is 6.00. The topological polar surface area (TPSA) is 56.8 Å². The van der Waals surface area contributed by atoms with Crippen molar-refractivity contribution in [3.8, 4) is 11.5 Å². The predicted octanol–water partition coefficient (Wildman–Crippen LogP) is 4.40. The average Bonchev–Trinajstić information content (AvgIpc) is 3.13. The summed E-state index contributed by atoms with van der Waals surface area (Å²) in [7, 11) is 0. The number of rotatable bonds is 6. The van der Waals surface area contributed by atoms with Crippen LogP contribution in [0.25, 0.3) is 0 Å². The van der Waals surface area contributed by atoms with Crippen LogP contribution in [0.2, 0.25) is 0 Å². The Morgan fingerprint density at radius 2 is 1.93 bits per heavy atom. The number of halogens is 3. The van der Waals surface area contributed by atoms with Gasteiger partial charge in [-0.1, -0.05) is 6.07 Å². The number of carbonyl (C=O) groups excluding carboxylic acids is 1. The minimum absolute atomic E-state index is 0.0514. The van der Waals surface area contributed by atoms with Crippen LogP contribution in [0.4, 0.5) is 18.9 Å². The van der Waals surface area contributed by atoms with Gasteiger partial charge in [0.25, 0.3) is 5.91 Å². The van der Waals surface area contributed by atoms with Gasteiger partial charge in [0.1, 0.15) is 18.1 Å². The Balaban J connectivity index is 1.56. The van der Waals surface area contributed by atoms with Crippen molar-refractivity contribution in [2.75, 3.05) is 18.5 Å². The summed E-state index contributed by atoms with van der Waals surface area (Å²) in [5, 5.41) is 2.62. The van der Waals surface area contributed by atoms with Gasteiger partial charge in [-0.05, 0) is 55.3 Å². The highest BCUT2D eigenvalue weighted by Gasteiger charge is 2.31. The van der Waals surface area contributed by atoms with Gasteiger partial charge in [-0.15, -0.1) is 13.2 Å². The molecule has 1 saturated heterocycles. The predicted molar refractivity (Wildman–Crippen MR) is 92.0 cm³/mol. The third-order valence-corrected chi connectivity index (χ3v) is 3.90. The summed E-state index contributed by atoms with van der Waals surface area (Å²) < 4.78 is 51.8. The molecular weight excluding hydrogens is 363 g/mol. The van der Waals surface area contributed by atoms with Gasteiger partial charge >= 0.3 is 6.36 Å². The molecule has 1 aliphatic rings. The molecule has 1 aliphatic heterocycles. The summed E-state index contributed by atoms with van der Waals surface area (Å²) >= 11 is 0. The largest absolute Gasteiger partial charge is 0.573 e. The van der Waals surface area contributed by atoms with Gasteiger partial charge in [0, 0.05) is 17.9 Å². The van der Waals surface area contributed by atoms with E-state index in [1.165, 1.54) is 12.1 Å². The average molecular weight is 381 g/mol. The van der Waals surface area contributed by atoms with Crippen molar-refractivity contribution in [2.24, 2.45) is 0 Å². The molecule has 1 unspecified atom stereocenters. The molecule has 1 atom stereocenters. The highest BCUT2D eigenvalue weighted by Crippen LogP contribution is 2.24. The van der Waals surface area contributed by atoms with Crippen LogP contribution in [-0.2, 0) is 4.74 Å². The fourth-order valence-corrected chi connectivity index (χ4v) is 2.64. The molecule has 2 aromatic carbocycles. The van der Waals surface area contributed by atoms with Gasteiger partial charge in [-0.25, -0.2) is 0 Å². The van der Waals surface area contributed by atoms with Crippen molar-refractivity contribution < 1.29 is 32.2 Å². The lowest BCUT2D eigenvalue weighted by molar-refractivity contribution is -0.274. The summed E-state index contributed by atoms with van der Waals surface area (Å²) in [6.07, 6.45) is -2.69. The Kier molecular flexibility index (Phi) is 5.85. The van der Waals surface area contributed by atoms with Crippen molar-refractivity contribution >= 4 is 11.6 Å². The maximum Gasteiger partial charge on any atom is 0.573 e. The van der Waals surface area contributed by atoms with E-state index in [1.807, 2.05) is 0 Å². The first-order chi connectivity index (χ1) is 12.9. The normalized spacial score (nSPS) is 16.8. The Morgan fingerprint density at radius 1 is 1.15 bits per heavy atom. The van der Waals surface area contributed by atoms with Gasteiger partial charge in [0.05, 0.1) is 6.10 Å². The van der Waals surface area contributed by atoms with Crippen molar-refractivity contribution in [1.82, 2.24) is 0 Å². The van der Waals surface area contributed by atoms with E-state index in [4.69, 9.17) is 9.47 Å². The fourth-order valence-electron chi connectivity index (χ4n) is 2.64. The Morgan fingerprint density at radius 3 is 2.59 bits per heavy atom. The van der Waals surface area contributed by atoms with Crippen LogP contribution < -0.4 is 14.8 Å². The molecule has 8 heteroatoms. The van der Waals surface area contributed by atoms with E-state index in [0.717, 1.165) is 31.6 Å². The molecular formula is C19H18F3NO4. The molecule has 144 valence electrons. The summed E-state index contributed by atoms with van der Waals surface area (Å²) in [6.45, 7) is 1.23. The Labute approximate surface area is 154 Å². The summed E-state index contributed by atoms with van der Waals surface area (Å²) in [5.74, 6) is -0.354. The number of anilines is 1. The molecule has 3 rings (SSSR count). The van der Waals surface area contributed by atoms with E-state index >= 15 is 0 Å². The van der Waals surface area contributed by atoms with E-state index in [1.54, 1.807) is 24.3 Å². The molecule has 0 aromatic heterocycles. The molecule has 0 bridgehead atoms. The van der Waals surface area contributed by atoms with Crippen LogP contribution in [-0.4, -0.2) is 31.6 Å². The molecule has 1 heterocycles. The van der Waals surface area contributed by atoms with Gasteiger partial charge in [0.2, 0.25) is 0 Å². The smallest absolute Gasteiger partial charge is 0.491 e. The van der Waals surface area contributed by atoms with E-state index in [-0.39, 0.29) is 11.7 Å². The summed E-state index contributed by atoms with van der Waals surface area (Å²) in [4.78, 5) is 12.2. The third-order valence-electron chi connectivity index (χ3n) is 3.90. The van der Waals surface area contributed by atoms with E-state index in [9.17, 15) is 18.0 Å². The van der Waals surface area contributed by atoms with Crippen LogP contribution in [0.1, 0.15) is 23.2 Å². The first-order valence-electron chi connectivity index (χ1n) is 8.41. The quantitative estimate of drug-likeness (QED) is 0.806. The Bertz CT molecular complexity index is 771. The first-order valence-corrected chi connectivity index (χ1v) is 8.41. The lowest BCUT2D eigenvalue weighted by Crippen LogP contribution is -2.18. The number of nitrogens with one attached hydrogen (secondary N) is 1. The van der Waals surface area contributed by atoms with Gasteiger partial charge in [0.15, 0.2) is 0 Å². The number of benzene rings is 2. The molecule has 0 spiro atoms. The minimum Gasteiger partial charge on any atom is -0.491 e. The van der Waals surface area contributed by atoms with Crippen LogP contribution in [0.5, 0.6) is 11.5 Å². The van der Waals surface area contributed by atoms with Crippen LogP contribution in [0, 0.1) is 0 Å². The number of amides is 1. The molecule has 0 aliphatic carbocycles. The molecule has 1 amide bonds. The van der Waals surface area contributed by atoms with Crippen molar-refractivity contribution in [2.45, 2.75) is 25.3 Å². The zero-order valence-electron chi connectivity index (χ0n) is 14.3. The SMILES string of the molecule is O=C(Nc1ccc(OCC2CCCO2)cc1)c1cccc(OC(F)(F)F)c1. The van der Waals surface area contributed by atoms with E-state index < -0.39 is 18.0 Å². The molecule has 0 radical (unpaired) electrons. The van der Waals surface area contributed by atoms with Gasteiger partial charge in [-0.3, -0.25) is 4.79 Å². The van der Waals surface area contributed by atoms with Gasteiger partial charge in [-0.2, -0.15) is 0 Å². The van der Waals surface area contributed by atoms with Crippen LogP contribution in [0.15, 0.2) is 48.5 Å². The van der Waals surface area contributed by atoms with Crippen molar-refractivity contribution in [1.29, 1.82) is 0 Å². The second kappa shape index (κ2) is 8.30. The number of hydrogen-bond donors (Lipinski definition) is 1. The monoisotopic (exact) mass is 381 g/mol. The highest BCUT2D eigenvalue weighted by molar-refractivity contribution is 6.04. The maximum atomic E-state index is 12.3. The second-order valence-electron chi connectivity index (χ2n) is 6.00. The highest BCUT2D eigenvalue weighted by atomic mass is 19.4. The number of alkyl halides is 3. The van der Waals surface area contributed by atoms with E-state index in [0.29, 0.717) is 18.0 Å². The zero-order valence-corrected chi connectivity index (χ0v) is 14.3.